The molecule has 2 aromatic rings. The van der Waals surface area contributed by atoms with Gasteiger partial charge in [0.15, 0.2) is 0 Å². The molecule has 0 saturated carbocycles. The van der Waals surface area contributed by atoms with Crippen LogP contribution in [0, 0.1) is 23.5 Å². The summed E-state index contributed by atoms with van der Waals surface area (Å²) in [6, 6.07) is 10.3. The van der Waals surface area contributed by atoms with Crippen LogP contribution in [0.25, 0.3) is 0 Å². The molecule has 2 aromatic carbocycles. The van der Waals surface area contributed by atoms with E-state index in [0.717, 1.165) is 0 Å². The molecule has 0 fully saturated rings. The van der Waals surface area contributed by atoms with Crippen molar-refractivity contribution >= 4 is 11.6 Å². The highest BCUT2D eigenvalue weighted by Gasteiger charge is 2.06. The van der Waals surface area contributed by atoms with E-state index in [9.17, 15) is 8.78 Å². The van der Waals surface area contributed by atoms with Crippen molar-refractivity contribution in [1.82, 2.24) is 0 Å². The van der Waals surface area contributed by atoms with Crippen molar-refractivity contribution in [2.45, 2.75) is 6.61 Å². The minimum atomic E-state index is -0.440. The number of halogens is 3. The highest BCUT2D eigenvalue weighted by Crippen LogP contribution is 2.21. The second-order valence-electron chi connectivity index (χ2n) is 3.96. The third-order valence-electron chi connectivity index (χ3n) is 2.57. The van der Waals surface area contributed by atoms with Gasteiger partial charge in [0.25, 0.3) is 0 Å². The summed E-state index contributed by atoms with van der Waals surface area (Å²) in [7, 11) is 0. The number of ether oxygens (including phenoxy) is 1. The van der Waals surface area contributed by atoms with Crippen LogP contribution in [0.5, 0.6) is 5.75 Å². The maximum absolute atomic E-state index is 13.5. The Morgan fingerprint density at radius 3 is 2.65 bits per heavy atom. The van der Waals surface area contributed by atoms with Crippen molar-refractivity contribution in [2.75, 3.05) is 5.88 Å². The molecule has 0 aliphatic heterocycles. The fraction of sp³-hybridized carbons (Fsp3) is 0.125. The van der Waals surface area contributed by atoms with E-state index in [1.807, 2.05) is 0 Å². The lowest BCUT2D eigenvalue weighted by atomic mass is 10.2. The number of hydrogen-bond donors (Lipinski definition) is 0. The van der Waals surface area contributed by atoms with E-state index in [0.29, 0.717) is 11.1 Å². The molecule has 0 unspecified atom stereocenters. The van der Waals surface area contributed by atoms with E-state index in [1.165, 1.54) is 24.3 Å². The van der Waals surface area contributed by atoms with Crippen LogP contribution in [0.3, 0.4) is 0 Å². The van der Waals surface area contributed by atoms with Crippen LogP contribution in [-0.4, -0.2) is 5.88 Å². The second-order valence-corrected chi connectivity index (χ2v) is 4.22. The van der Waals surface area contributed by atoms with Gasteiger partial charge in [-0.3, -0.25) is 0 Å². The van der Waals surface area contributed by atoms with Crippen molar-refractivity contribution in [3.05, 3.63) is 65.2 Å². The molecule has 1 nitrogen and oxygen atoms in total. The van der Waals surface area contributed by atoms with E-state index in [4.69, 9.17) is 16.3 Å². The van der Waals surface area contributed by atoms with Crippen LogP contribution in [-0.2, 0) is 6.61 Å². The van der Waals surface area contributed by atoms with Crippen LogP contribution in [0.2, 0.25) is 0 Å². The summed E-state index contributed by atoms with van der Waals surface area (Å²) in [5, 5.41) is 0. The molecule has 0 spiro atoms. The van der Waals surface area contributed by atoms with Gasteiger partial charge in [0.1, 0.15) is 24.0 Å². The first-order chi connectivity index (χ1) is 9.70. The Bertz CT molecular complexity index is 659. The Labute approximate surface area is 121 Å². The molecule has 2 rings (SSSR count). The zero-order valence-electron chi connectivity index (χ0n) is 10.5. The molecule has 0 amide bonds. The van der Waals surface area contributed by atoms with Crippen LogP contribution in [0.4, 0.5) is 8.78 Å². The number of hydrogen-bond acceptors (Lipinski definition) is 1. The summed E-state index contributed by atoms with van der Waals surface area (Å²) in [5.41, 5.74) is 0.913. The van der Waals surface area contributed by atoms with Gasteiger partial charge in [-0.2, -0.15) is 0 Å². The normalized spacial score (nSPS) is 9.75. The van der Waals surface area contributed by atoms with E-state index < -0.39 is 5.82 Å². The monoisotopic (exact) mass is 292 g/mol. The maximum Gasteiger partial charge on any atom is 0.138 e. The lowest BCUT2D eigenvalue weighted by Crippen LogP contribution is -2.00. The largest absolute Gasteiger partial charge is 0.487 e. The Kier molecular flexibility index (Phi) is 4.97. The molecule has 0 aliphatic rings. The molecule has 0 bridgehead atoms. The molecule has 0 radical (unpaired) electrons. The van der Waals surface area contributed by atoms with Gasteiger partial charge in [0, 0.05) is 11.6 Å². The van der Waals surface area contributed by atoms with Crippen LogP contribution >= 0.6 is 11.6 Å². The molecule has 0 aliphatic carbocycles. The van der Waals surface area contributed by atoms with E-state index >= 15 is 0 Å². The van der Waals surface area contributed by atoms with Crippen LogP contribution in [0.1, 0.15) is 11.1 Å². The molecule has 0 heterocycles. The Morgan fingerprint density at radius 1 is 1.10 bits per heavy atom. The molecule has 20 heavy (non-hydrogen) atoms. The number of rotatable bonds is 3. The standard InChI is InChI=1S/C16H11ClF2O/c17-9-3-5-12-7-8-14(18)10-16(12)20-11-13-4-1-2-6-15(13)19/h1-2,4,6-8,10H,9,11H2. The lowest BCUT2D eigenvalue weighted by Gasteiger charge is -2.09. The van der Waals surface area contributed by atoms with Crippen LogP contribution in [0.15, 0.2) is 42.5 Å². The second kappa shape index (κ2) is 6.93. The van der Waals surface area contributed by atoms with Gasteiger partial charge in [-0.15, -0.1) is 11.6 Å². The van der Waals surface area contributed by atoms with Crippen molar-refractivity contribution < 1.29 is 13.5 Å². The van der Waals surface area contributed by atoms with Gasteiger partial charge in [-0.05, 0) is 18.2 Å². The first-order valence-corrected chi connectivity index (χ1v) is 6.45. The molecule has 0 atom stereocenters. The van der Waals surface area contributed by atoms with E-state index in [2.05, 4.69) is 11.8 Å². The minimum Gasteiger partial charge on any atom is -0.487 e. The lowest BCUT2D eigenvalue weighted by molar-refractivity contribution is 0.297. The van der Waals surface area contributed by atoms with Gasteiger partial charge in [0.2, 0.25) is 0 Å². The van der Waals surface area contributed by atoms with Crippen molar-refractivity contribution in [1.29, 1.82) is 0 Å². The molecular formula is C16H11ClF2O. The highest BCUT2D eigenvalue weighted by molar-refractivity contribution is 6.19. The summed E-state index contributed by atoms with van der Waals surface area (Å²) in [4.78, 5) is 0. The number of benzene rings is 2. The Hall–Kier alpha value is -2.05. The zero-order valence-corrected chi connectivity index (χ0v) is 11.3. The van der Waals surface area contributed by atoms with E-state index in [-0.39, 0.29) is 24.1 Å². The molecule has 0 saturated heterocycles. The fourth-order valence-corrected chi connectivity index (χ4v) is 1.69. The van der Waals surface area contributed by atoms with Gasteiger partial charge in [0.05, 0.1) is 11.4 Å². The molecule has 0 N–H and O–H groups in total. The smallest absolute Gasteiger partial charge is 0.138 e. The fourth-order valence-electron chi connectivity index (χ4n) is 1.62. The van der Waals surface area contributed by atoms with Crippen molar-refractivity contribution in [2.24, 2.45) is 0 Å². The maximum atomic E-state index is 13.5. The van der Waals surface area contributed by atoms with Gasteiger partial charge in [-0.25, -0.2) is 8.78 Å². The predicted octanol–water partition coefficient (Wildman–Crippen LogP) is 4.13. The highest BCUT2D eigenvalue weighted by atomic mass is 35.5. The summed E-state index contributed by atoms with van der Waals surface area (Å²) >= 11 is 5.49. The molecule has 102 valence electrons. The molecular weight excluding hydrogens is 282 g/mol. The molecule has 0 aromatic heterocycles. The predicted molar refractivity (Wildman–Crippen MR) is 74.7 cm³/mol. The van der Waals surface area contributed by atoms with Gasteiger partial charge >= 0.3 is 0 Å². The average Bonchev–Trinajstić information content (AvgIpc) is 2.45. The van der Waals surface area contributed by atoms with Crippen LogP contribution < -0.4 is 4.74 Å². The van der Waals surface area contributed by atoms with E-state index in [1.54, 1.807) is 18.2 Å². The minimum absolute atomic E-state index is 0.00564. The molecule has 4 heteroatoms. The summed E-state index contributed by atoms with van der Waals surface area (Å²) in [5.74, 6) is 5.08. The first-order valence-electron chi connectivity index (χ1n) is 5.91. The number of alkyl halides is 1. The summed E-state index contributed by atoms with van der Waals surface area (Å²) in [6.45, 7) is 0.00564. The average molecular weight is 293 g/mol. The quantitative estimate of drug-likeness (QED) is 0.610. The third kappa shape index (κ3) is 3.72. The third-order valence-corrected chi connectivity index (χ3v) is 2.71. The Balaban J connectivity index is 2.20. The SMILES string of the molecule is Fc1ccc(C#CCCl)c(OCc2ccccc2F)c1. The van der Waals surface area contributed by atoms with Crippen molar-refractivity contribution in [3.63, 3.8) is 0 Å². The first kappa shape index (κ1) is 14.4. The van der Waals surface area contributed by atoms with Crippen molar-refractivity contribution in [3.8, 4) is 17.6 Å². The van der Waals surface area contributed by atoms with Gasteiger partial charge < -0.3 is 4.74 Å². The Morgan fingerprint density at radius 2 is 1.90 bits per heavy atom. The van der Waals surface area contributed by atoms with Gasteiger partial charge in [-0.1, -0.05) is 30.0 Å². The topological polar surface area (TPSA) is 9.23 Å². The summed E-state index contributed by atoms with van der Waals surface area (Å²) < 4.78 is 32.2. The summed E-state index contributed by atoms with van der Waals surface area (Å²) in [6.07, 6.45) is 0. The zero-order chi connectivity index (χ0) is 14.4.